The summed E-state index contributed by atoms with van der Waals surface area (Å²) in [6.07, 6.45) is 7.42. The van der Waals surface area contributed by atoms with Gasteiger partial charge in [0.15, 0.2) is 5.71 Å². The van der Waals surface area contributed by atoms with Crippen LogP contribution in [0.25, 0.3) is 0 Å². The number of hydroxylamine groups is 2. The Labute approximate surface area is 314 Å². The summed E-state index contributed by atoms with van der Waals surface area (Å²) >= 11 is 0. The molecule has 262 valence electrons. The van der Waals surface area contributed by atoms with Crippen LogP contribution in [0.15, 0.2) is 70.1 Å². The SMILES string of the molecule is C[N+]1=C(/C=C/C=C2/N(CCCCCC(=O)ON3C(=O)CCC3=O)c3ccc(S(=O)(=O)[O-])cc3C2(C)C)C(C)(C)c2cc(S(=O)(=O)[O-])ccc21.[Na+]. The second kappa shape index (κ2) is 14.4. The first kappa shape index (κ1) is 39.6. The summed E-state index contributed by atoms with van der Waals surface area (Å²) in [6.45, 7) is 8.24. The molecular weight excluding hydrogens is 698 g/mol. The molecule has 0 atom stereocenters. The Balaban J connectivity index is 0.00000562. The monoisotopic (exact) mass is 735 g/mol. The van der Waals surface area contributed by atoms with E-state index in [1.165, 1.54) is 24.3 Å². The van der Waals surface area contributed by atoms with E-state index in [4.69, 9.17) is 4.84 Å². The van der Waals surface area contributed by atoms with Crippen molar-refractivity contribution >= 4 is 55.1 Å². The first-order valence-corrected chi connectivity index (χ1v) is 18.6. The van der Waals surface area contributed by atoms with Gasteiger partial charge in [0.05, 0.1) is 15.2 Å². The van der Waals surface area contributed by atoms with Crippen LogP contribution in [0.3, 0.4) is 0 Å². The Morgan fingerprint density at radius 2 is 1.46 bits per heavy atom. The maximum atomic E-state index is 12.2. The summed E-state index contributed by atoms with van der Waals surface area (Å²) in [6, 6.07) is 8.65. The molecule has 5 rings (SSSR count). The van der Waals surface area contributed by atoms with Crippen LogP contribution in [0.1, 0.15) is 77.3 Å². The topological polar surface area (TPSA) is 184 Å². The number of fused-ring (bicyclic) bond motifs is 2. The van der Waals surface area contributed by atoms with E-state index in [0.717, 1.165) is 22.8 Å². The fraction of sp³-hybridized carbons (Fsp3) is 0.412. The molecule has 3 heterocycles. The summed E-state index contributed by atoms with van der Waals surface area (Å²) in [4.78, 5) is 42.1. The van der Waals surface area contributed by atoms with E-state index in [1.807, 2.05) is 57.5 Å². The van der Waals surface area contributed by atoms with E-state index in [-0.39, 0.29) is 58.6 Å². The molecule has 0 bridgehead atoms. The molecule has 50 heavy (non-hydrogen) atoms. The number of anilines is 1. The van der Waals surface area contributed by atoms with Crippen LogP contribution in [0.2, 0.25) is 0 Å². The number of rotatable bonds is 11. The Hall–Kier alpha value is -3.18. The molecule has 1 fully saturated rings. The van der Waals surface area contributed by atoms with Crippen LogP contribution in [-0.4, -0.2) is 72.7 Å². The summed E-state index contributed by atoms with van der Waals surface area (Å²) < 4.78 is 72.8. The van der Waals surface area contributed by atoms with Gasteiger partial charge in [0.1, 0.15) is 27.3 Å². The Bertz CT molecular complexity index is 2050. The number of carbonyl (C=O) groups excluding carboxylic acids is 3. The second-order valence-corrected chi connectivity index (χ2v) is 16.1. The maximum Gasteiger partial charge on any atom is 1.00 e. The molecule has 16 heteroatoms. The first-order valence-electron chi connectivity index (χ1n) is 15.8. The predicted molar refractivity (Wildman–Crippen MR) is 176 cm³/mol. The van der Waals surface area contributed by atoms with E-state index in [2.05, 4.69) is 4.90 Å². The third kappa shape index (κ3) is 7.69. The van der Waals surface area contributed by atoms with Gasteiger partial charge in [0.25, 0.3) is 11.8 Å². The number of allylic oxidation sites excluding steroid dienone is 4. The Morgan fingerprint density at radius 3 is 2.06 bits per heavy atom. The largest absolute Gasteiger partial charge is 1.00 e. The van der Waals surface area contributed by atoms with Crippen LogP contribution in [0.5, 0.6) is 0 Å². The van der Waals surface area contributed by atoms with Crippen molar-refractivity contribution in [1.82, 2.24) is 5.06 Å². The number of unbranched alkanes of at least 4 members (excludes halogenated alkanes) is 2. The normalized spacial score (nSPS) is 19.0. The third-order valence-corrected chi connectivity index (χ3v) is 11.1. The molecule has 2 aromatic rings. The maximum absolute atomic E-state index is 12.2. The number of hydrogen-bond donors (Lipinski definition) is 0. The third-order valence-electron chi connectivity index (χ3n) is 9.41. The molecule has 13 nitrogen and oxygen atoms in total. The molecule has 0 radical (unpaired) electrons. The Morgan fingerprint density at radius 1 is 0.880 bits per heavy atom. The number of nitrogens with zero attached hydrogens (tertiary/aromatic N) is 3. The van der Waals surface area contributed by atoms with Crippen molar-refractivity contribution in [1.29, 1.82) is 0 Å². The molecule has 2 aromatic carbocycles. The number of hydrogen-bond acceptors (Lipinski definition) is 11. The molecule has 3 aliphatic rings. The average molecular weight is 736 g/mol. The van der Waals surface area contributed by atoms with Crippen LogP contribution < -0.4 is 34.5 Å². The fourth-order valence-electron chi connectivity index (χ4n) is 6.77. The van der Waals surface area contributed by atoms with Gasteiger partial charge >= 0.3 is 35.5 Å². The summed E-state index contributed by atoms with van der Waals surface area (Å²) in [7, 11) is -7.48. The molecule has 0 unspecified atom stereocenters. The zero-order valence-electron chi connectivity index (χ0n) is 28.9. The van der Waals surface area contributed by atoms with Crippen LogP contribution in [0.4, 0.5) is 11.4 Å². The van der Waals surface area contributed by atoms with Crippen LogP contribution in [-0.2, 0) is 50.3 Å². The molecule has 2 amide bonds. The smallest absolute Gasteiger partial charge is 0.744 e. The van der Waals surface area contributed by atoms with Gasteiger partial charge in [-0.15, -0.1) is 5.06 Å². The van der Waals surface area contributed by atoms with Gasteiger partial charge in [-0.1, -0.05) is 26.3 Å². The summed E-state index contributed by atoms with van der Waals surface area (Å²) in [5.41, 5.74) is 3.22. The number of amides is 2. The van der Waals surface area contributed by atoms with Gasteiger partial charge in [-0.2, -0.15) is 4.58 Å². The minimum atomic E-state index is -4.70. The zero-order valence-corrected chi connectivity index (χ0v) is 32.5. The van der Waals surface area contributed by atoms with Gasteiger partial charge in [0.2, 0.25) is 5.69 Å². The second-order valence-electron chi connectivity index (χ2n) is 13.4. The molecule has 0 saturated carbocycles. The van der Waals surface area contributed by atoms with E-state index < -0.39 is 48.8 Å². The van der Waals surface area contributed by atoms with Crippen molar-refractivity contribution in [3.8, 4) is 0 Å². The molecule has 3 aliphatic heterocycles. The fourth-order valence-corrected chi connectivity index (χ4v) is 7.77. The van der Waals surface area contributed by atoms with Crippen molar-refractivity contribution < 1.29 is 79.3 Å². The molecule has 1 saturated heterocycles. The van der Waals surface area contributed by atoms with E-state index in [1.54, 1.807) is 12.1 Å². The minimum Gasteiger partial charge on any atom is -0.744 e. The van der Waals surface area contributed by atoms with E-state index in [9.17, 15) is 40.3 Å². The molecule has 0 aliphatic carbocycles. The van der Waals surface area contributed by atoms with Crippen molar-refractivity contribution in [3.05, 3.63) is 71.5 Å². The zero-order chi connectivity index (χ0) is 36.1. The van der Waals surface area contributed by atoms with Gasteiger partial charge in [-0.3, -0.25) is 9.59 Å². The summed E-state index contributed by atoms with van der Waals surface area (Å²) in [5, 5.41) is 0.530. The van der Waals surface area contributed by atoms with Gasteiger partial charge < -0.3 is 18.8 Å². The predicted octanol–water partition coefficient (Wildman–Crippen LogP) is 0.910. The quantitative estimate of drug-likeness (QED) is 0.105. The molecule has 0 aromatic heterocycles. The molecular formula is C34H38N3NaO10S2. The van der Waals surface area contributed by atoms with Gasteiger partial charge in [0, 0.05) is 60.3 Å². The average Bonchev–Trinajstić information content (AvgIpc) is 3.51. The number of carbonyl (C=O) groups is 3. The number of benzene rings is 2. The standard InChI is InChI=1S/C34H39N3O10S2.Na/c1-33(2)24-20-22(48(41,42)43)13-15-26(24)35(5)28(33)10-9-11-29-34(3,4)25-21-23(49(44,45)46)14-16-27(25)36(29)19-8-6-7-12-32(40)47-37-30(38)17-18-31(37)39;/h9-11,13-16,20-21H,6-8,12,17-19H2,1-5H3,(H-,41,42,43,44,45,46);/q;+1/p-1. The van der Waals surface area contributed by atoms with Crippen molar-refractivity contribution in [2.75, 3.05) is 18.5 Å². The summed E-state index contributed by atoms with van der Waals surface area (Å²) in [5.74, 6) is -1.74. The minimum absolute atomic E-state index is 0. The molecule has 0 spiro atoms. The van der Waals surface area contributed by atoms with Crippen molar-refractivity contribution in [2.45, 2.75) is 86.8 Å². The Kier molecular flexibility index (Phi) is 11.4. The van der Waals surface area contributed by atoms with Gasteiger partial charge in [-0.25, -0.2) is 21.6 Å². The van der Waals surface area contributed by atoms with Crippen LogP contribution >= 0.6 is 0 Å². The van der Waals surface area contributed by atoms with Crippen LogP contribution in [0, 0.1) is 0 Å². The van der Waals surface area contributed by atoms with Crippen molar-refractivity contribution in [3.63, 3.8) is 0 Å². The first-order chi connectivity index (χ1) is 22.7. The van der Waals surface area contributed by atoms with Crippen molar-refractivity contribution in [2.24, 2.45) is 0 Å². The number of imide groups is 1. The van der Waals surface area contributed by atoms with E-state index >= 15 is 0 Å². The van der Waals surface area contributed by atoms with Gasteiger partial charge in [-0.05, 0) is 68.7 Å². The molecule has 0 N–H and O–H groups in total. The van der Waals surface area contributed by atoms with E-state index in [0.29, 0.717) is 42.0 Å².